The van der Waals surface area contributed by atoms with Crippen LogP contribution in [-0.2, 0) is 6.54 Å². The lowest BCUT2D eigenvalue weighted by Crippen LogP contribution is -2.36. The first-order chi connectivity index (χ1) is 8.77. The summed E-state index contributed by atoms with van der Waals surface area (Å²) in [5, 5.41) is 5.99. The molecule has 0 bridgehead atoms. The second-order valence-corrected chi connectivity index (χ2v) is 7.39. The summed E-state index contributed by atoms with van der Waals surface area (Å²) in [7, 11) is 0. The molecule has 1 aromatic heterocycles. The summed E-state index contributed by atoms with van der Waals surface area (Å²) in [5.41, 5.74) is 2.23. The molecule has 0 amide bonds. The fourth-order valence-corrected chi connectivity index (χ4v) is 4.74. The summed E-state index contributed by atoms with van der Waals surface area (Å²) >= 11 is 1.89. The minimum atomic E-state index is 0.775. The van der Waals surface area contributed by atoms with Gasteiger partial charge in [-0.25, -0.2) is 0 Å². The van der Waals surface area contributed by atoms with E-state index in [0.717, 1.165) is 18.0 Å². The van der Waals surface area contributed by atoms with E-state index in [0.29, 0.717) is 0 Å². The van der Waals surface area contributed by atoms with E-state index >= 15 is 0 Å². The van der Waals surface area contributed by atoms with Crippen molar-refractivity contribution in [1.29, 1.82) is 0 Å². The molecular formula is C16H25NS. The van der Waals surface area contributed by atoms with Gasteiger partial charge in [-0.15, -0.1) is 11.3 Å². The van der Waals surface area contributed by atoms with Crippen LogP contribution in [-0.4, -0.2) is 6.04 Å². The Balaban J connectivity index is 1.47. The lowest BCUT2D eigenvalue weighted by atomic mass is 9.71. The van der Waals surface area contributed by atoms with Crippen molar-refractivity contribution in [2.45, 2.75) is 70.9 Å². The van der Waals surface area contributed by atoms with Crippen LogP contribution >= 0.6 is 11.3 Å². The first-order valence-electron chi connectivity index (χ1n) is 7.54. The lowest BCUT2D eigenvalue weighted by molar-refractivity contribution is 0.168. The zero-order valence-corrected chi connectivity index (χ0v) is 12.3. The van der Waals surface area contributed by atoms with Crippen LogP contribution in [0.4, 0.5) is 0 Å². The van der Waals surface area contributed by atoms with E-state index in [9.17, 15) is 0 Å². The van der Waals surface area contributed by atoms with Crippen molar-refractivity contribution < 1.29 is 0 Å². The SMILES string of the molecule is Cc1ccsc1CNC1CCC2(CCCC2)CC1. The molecule has 1 N–H and O–H groups in total. The van der Waals surface area contributed by atoms with Crippen molar-refractivity contribution in [3.8, 4) is 0 Å². The van der Waals surface area contributed by atoms with Gasteiger partial charge in [-0.2, -0.15) is 0 Å². The van der Waals surface area contributed by atoms with E-state index in [1.165, 1.54) is 61.8 Å². The Labute approximate surface area is 115 Å². The standard InChI is InChI=1S/C16H25NS/c1-13-6-11-18-15(13)12-17-14-4-9-16(10-5-14)7-2-3-8-16/h6,11,14,17H,2-5,7-10,12H2,1H3. The van der Waals surface area contributed by atoms with Crippen LogP contribution in [0.3, 0.4) is 0 Å². The zero-order chi connectivity index (χ0) is 12.4. The highest BCUT2D eigenvalue weighted by Crippen LogP contribution is 2.48. The highest BCUT2D eigenvalue weighted by molar-refractivity contribution is 7.10. The second kappa shape index (κ2) is 5.34. The molecule has 0 unspecified atom stereocenters. The van der Waals surface area contributed by atoms with Crippen molar-refractivity contribution >= 4 is 11.3 Å². The van der Waals surface area contributed by atoms with E-state index in [1.807, 2.05) is 11.3 Å². The van der Waals surface area contributed by atoms with E-state index in [2.05, 4.69) is 23.7 Å². The average Bonchev–Trinajstić information content (AvgIpc) is 2.99. The van der Waals surface area contributed by atoms with E-state index < -0.39 is 0 Å². The third-order valence-corrected chi connectivity index (χ3v) is 6.25. The number of hydrogen-bond donors (Lipinski definition) is 1. The van der Waals surface area contributed by atoms with Crippen LogP contribution in [0.2, 0.25) is 0 Å². The van der Waals surface area contributed by atoms with Crippen molar-refractivity contribution in [2.75, 3.05) is 0 Å². The monoisotopic (exact) mass is 263 g/mol. The Kier molecular flexibility index (Phi) is 3.76. The van der Waals surface area contributed by atoms with Crippen LogP contribution in [0.1, 0.15) is 61.8 Å². The fourth-order valence-electron chi connectivity index (χ4n) is 3.88. The van der Waals surface area contributed by atoms with Crippen LogP contribution < -0.4 is 5.32 Å². The van der Waals surface area contributed by atoms with Gasteiger partial charge in [0.15, 0.2) is 0 Å². The summed E-state index contributed by atoms with van der Waals surface area (Å²) in [6.07, 6.45) is 11.8. The maximum atomic E-state index is 3.78. The molecule has 2 aliphatic rings. The highest BCUT2D eigenvalue weighted by Gasteiger charge is 2.37. The quantitative estimate of drug-likeness (QED) is 0.837. The minimum absolute atomic E-state index is 0.775. The maximum Gasteiger partial charge on any atom is 0.0304 e. The average molecular weight is 263 g/mol. The Morgan fingerprint density at radius 2 is 1.94 bits per heavy atom. The molecule has 0 atom stereocenters. The number of aryl methyl sites for hydroxylation is 1. The number of thiophene rings is 1. The smallest absolute Gasteiger partial charge is 0.0304 e. The van der Waals surface area contributed by atoms with Gasteiger partial charge in [0.1, 0.15) is 0 Å². The van der Waals surface area contributed by atoms with Gasteiger partial charge in [-0.05, 0) is 67.9 Å². The molecule has 2 aliphatic carbocycles. The first-order valence-corrected chi connectivity index (χ1v) is 8.42. The molecule has 2 fully saturated rings. The summed E-state index contributed by atoms with van der Waals surface area (Å²) in [6.45, 7) is 3.31. The molecule has 1 spiro atoms. The molecular weight excluding hydrogens is 238 g/mol. The van der Waals surface area contributed by atoms with Gasteiger partial charge in [0.25, 0.3) is 0 Å². The molecule has 1 aromatic rings. The molecule has 0 saturated heterocycles. The van der Waals surface area contributed by atoms with Crippen LogP contribution in [0.25, 0.3) is 0 Å². The molecule has 2 saturated carbocycles. The van der Waals surface area contributed by atoms with Gasteiger partial charge in [0, 0.05) is 17.5 Å². The lowest BCUT2D eigenvalue weighted by Gasteiger charge is -2.37. The number of nitrogens with one attached hydrogen (secondary N) is 1. The molecule has 0 aromatic carbocycles. The molecule has 3 rings (SSSR count). The molecule has 100 valence electrons. The Morgan fingerprint density at radius 1 is 1.22 bits per heavy atom. The third-order valence-electron chi connectivity index (χ3n) is 5.23. The Morgan fingerprint density at radius 3 is 2.56 bits per heavy atom. The van der Waals surface area contributed by atoms with Crippen LogP contribution in [0, 0.1) is 12.3 Å². The molecule has 18 heavy (non-hydrogen) atoms. The van der Waals surface area contributed by atoms with Gasteiger partial charge in [0.2, 0.25) is 0 Å². The minimum Gasteiger partial charge on any atom is -0.309 e. The predicted molar refractivity (Wildman–Crippen MR) is 79.1 cm³/mol. The van der Waals surface area contributed by atoms with E-state index in [4.69, 9.17) is 0 Å². The summed E-state index contributed by atoms with van der Waals surface area (Å²) in [5.74, 6) is 0. The molecule has 2 heteroatoms. The van der Waals surface area contributed by atoms with Crippen molar-refractivity contribution in [3.05, 3.63) is 21.9 Å². The summed E-state index contributed by atoms with van der Waals surface area (Å²) < 4.78 is 0. The first kappa shape index (κ1) is 12.7. The van der Waals surface area contributed by atoms with Gasteiger partial charge in [0.05, 0.1) is 0 Å². The topological polar surface area (TPSA) is 12.0 Å². The molecule has 0 radical (unpaired) electrons. The van der Waals surface area contributed by atoms with Crippen molar-refractivity contribution in [1.82, 2.24) is 5.32 Å². The van der Waals surface area contributed by atoms with E-state index in [-0.39, 0.29) is 0 Å². The largest absolute Gasteiger partial charge is 0.309 e. The van der Waals surface area contributed by atoms with Crippen LogP contribution in [0.15, 0.2) is 11.4 Å². The number of hydrogen-bond acceptors (Lipinski definition) is 2. The third kappa shape index (κ3) is 2.65. The van der Waals surface area contributed by atoms with Gasteiger partial charge < -0.3 is 5.32 Å². The zero-order valence-electron chi connectivity index (χ0n) is 11.5. The fraction of sp³-hybridized carbons (Fsp3) is 0.750. The maximum absolute atomic E-state index is 3.78. The number of rotatable bonds is 3. The van der Waals surface area contributed by atoms with Crippen molar-refractivity contribution in [3.63, 3.8) is 0 Å². The summed E-state index contributed by atoms with van der Waals surface area (Å²) in [6, 6.07) is 3.01. The van der Waals surface area contributed by atoms with Crippen LogP contribution in [0.5, 0.6) is 0 Å². The Bertz CT molecular complexity index is 380. The van der Waals surface area contributed by atoms with Crippen molar-refractivity contribution in [2.24, 2.45) is 5.41 Å². The van der Waals surface area contributed by atoms with E-state index in [1.54, 1.807) is 0 Å². The molecule has 1 heterocycles. The second-order valence-electron chi connectivity index (χ2n) is 6.39. The summed E-state index contributed by atoms with van der Waals surface area (Å²) in [4.78, 5) is 1.52. The Hall–Kier alpha value is -0.340. The van der Waals surface area contributed by atoms with Gasteiger partial charge >= 0.3 is 0 Å². The molecule has 1 nitrogen and oxygen atoms in total. The normalized spacial score (nSPS) is 23.8. The van der Waals surface area contributed by atoms with Gasteiger partial charge in [-0.1, -0.05) is 12.8 Å². The molecule has 0 aliphatic heterocycles. The predicted octanol–water partition coefficient (Wildman–Crippen LogP) is 4.65. The highest BCUT2D eigenvalue weighted by atomic mass is 32.1. The van der Waals surface area contributed by atoms with Gasteiger partial charge in [-0.3, -0.25) is 0 Å².